The predicted molar refractivity (Wildman–Crippen MR) is 61.4 cm³/mol. The van der Waals surface area contributed by atoms with Gasteiger partial charge < -0.3 is 10.2 Å². The van der Waals surface area contributed by atoms with Crippen LogP contribution in [0.4, 0.5) is 0 Å². The summed E-state index contributed by atoms with van der Waals surface area (Å²) in [5, 5.41) is 2.75. The van der Waals surface area contributed by atoms with E-state index in [2.05, 4.69) is 11.2 Å². The van der Waals surface area contributed by atoms with Crippen molar-refractivity contribution in [3.63, 3.8) is 0 Å². The van der Waals surface area contributed by atoms with Crippen LogP contribution in [0.3, 0.4) is 0 Å². The molecule has 1 heterocycles. The van der Waals surface area contributed by atoms with Crippen molar-refractivity contribution in [1.29, 1.82) is 0 Å². The molecule has 4 nitrogen and oxygen atoms in total. The first-order valence-electron chi connectivity index (χ1n) is 5.33. The third kappa shape index (κ3) is 2.19. The maximum atomic E-state index is 12.1. The Kier molecular flexibility index (Phi) is 3.27. The van der Waals surface area contributed by atoms with Crippen molar-refractivity contribution in [3.8, 4) is 12.3 Å². The molecule has 88 valence electrons. The first-order chi connectivity index (χ1) is 7.29. The number of terminal acetylenes is 1. The smallest absolute Gasteiger partial charge is 0.247 e. The summed E-state index contributed by atoms with van der Waals surface area (Å²) in [7, 11) is 0. The molecule has 1 fully saturated rings. The highest BCUT2D eigenvalue weighted by atomic mass is 16.2. The number of nitrogens with zero attached hydrogens (tertiary/aromatic N) is 1. The Morgan fingerprint density at radius 1 is 1.44 bits per heavy atom. The topological polar surface area (TPSA) is 49.4 Å². The van der Waals surface area contributed by atoms with Crippen molar-refractivity contribution in [2.45, 2.75) is 39.8 Å². The molecule has 1 rings (SSSR count). The first-order valence-corrected chi connectivity index (χ1v) is 5.33. The van der Waals surface area contributed by atoms with Crippen LogP contribution in [-0.2, 0) is 9.59 Å². The summed E-state index contributed by atoms with van der Waals surface area (Å²) >= 11 is 0. The molecule has 0 aromatic carbocycles. The van der Waals surface area contributed by atoms with Crippen molar-refractivity contribution < 1.29 is 9.59 Å². The molecule has 1 aliphatic rings. The monoisotopic (exact) mass is 222 g/mol. The van der Waals surface area contributed by atoms with Gasteiger partial charge in [0.25, 0.3) is 0 Å². The average molecular weight is 222 g/mol. The zero-order chi connectivity index (χ0) is 12.5. The summed E-state index contributed by atoms with van der Waals surface area (Å²) in [5.41, 5.74) is -0.306. The van der Waals surface area contributed by atoms with Gasteiger partial charge in [-0.3, -0.25) is 9.59 Å². The lowest BCUT2D eigenvalue weighted by Gasteiger charge is -2.41. The second kappa shape index (κ2) is 4.17. The Bertz CT molecular complexity index is 349. The minimum Gasteiger partial charge on any atom is -0.342 e. The lowest BCUT2D eigenvalue weighted by molar-refractivity contribution is -0.150. The summed E-state index contributed by atoms with van der Waals surface area (Å²) in [6.07, 6.45) is 5.21. The fourth-order valence-corrected chi connectivity index (χ4v) is 1.72. The van der Waals surface area contributed by atoms with Crippen molar-refractivity contribution in [1.82, 2.24) is 10.2 Å². The van der Waals surface area contributed by atoms with Crippen LogP contribution in [0.15, 0.2) is 0 Å². The van der Waals surface area contributed by atoms with E-state index in [1.54, 1.807) is 6.92 Å². The summed E-state index contributed by atoms with van der Waals surface area (Å²) in [6, 6.07) is -0.980. The van der Waals surface area contributed by atoms with Crippen molar-refractivity contribution in [2.75, 3.05) is 6.54 Å². The van der Waals surface area contributed by atoms with Gasteiger partial charge in [0.2, 0.25) is 11.8 Å². The highest BCUT2D eigenvalue weighted by Crippen LogP contribution is 2.24. The highest BCUT2D eigenvalue weighted by molar-refractivity contribution is 5.97. The van der Waals surface area contributed by atoms with Gasteiger partial charge in [-0.15, -0.1) is 6.42 Å². The largest absolute Gasteiger partial charge is 0.342 e. The lowest BCUT2D eigenvalue weighted by Crippen LogP contribution is -2.65. The molecule has 0 radical (unpaired) electrons. The molecule has 0 aromatic rings. The summed E-state index contributed by atoms with van der Waals surface area (Å²) in [6.45, 7) is 7.61. The van der Waals surface area contributed by atoms with Gasteiger partial charge in [-0.1, -0.05) is 26.7 Å². The van der Waals surface area contributed by atoms with E-state index in [9.17, 15) is 9.59 Å². The van der Waals surface area contributed by atoms with Crippen LogP contribution in [-0.4, -0.2) is 35.3 Å². The van der Waals surface area contributed by atoms with Crippen LogP contribution < -0.4 is 5.32 Å². The molecule has 16 heavy (non-hydrogen) atoms. The summed E-state index contributed by atoms with van der Waals surface area (Å²) in [4.78, 5) is 25.3. The van der Waals surface area contributed by atoms with E-state index < -0.39 is 12.1 Å². The average Bonchev–Trinajstić information content (AvgIpc) is 2.16. The number of amides is 2. The molecule has 1 aliphatic heterocycles. The van der Waals surface area contributed by atoms with Gasteiger partial charge in [-0.2, -0.15) is 0 Å². The summed E-state index contributed by atoms with van der Waals surface area (Å²) in [5.74, 6) is 2.17. The van der Waals surface area contributed by atoms with Crippen LogP contribution in [0.25, 0.3) is 0 Å². The Morgan fingerprint density at radius 2 is 2.00 bits per heavy atom. The molecule has 1 N–H and O–H groups in total. The number of hydrogen-bond acceptors (Lipinski definition) is 2. The Labute approximate surface area is 96.4 Å². The second-order valence-electron chi connectivity index (χ2n) is 5.15. The van der Waals surface area contributed by atoms with Gasteiger partial charge in [0.15, 0.2) is 0 Å². The van der Waals surface area contributed by atoms with E-state index in [1.165, 1.54) is 4.90 Å². The minimum absolute atomic E-state index is 0.0995. The van der Waals surface area contributed by atoms with E-state index >= 15 is 0 Å². The van der Waals surface area contributed by atoms with E-state index in [-0.39, 0.29) is 23.8 Å². The van der Waals surface area contributed by atoms with Crippen molar-refractivity contribution in [2.24, 2.45) is 5.41 Å². The molecule has 0 aromatic heterocycles. The maximum absolute atomic E-state index is 12.1. The number of nitrogens with one attached hydrogen (secondary N) is 1. The van der Waals surface area contributed by atoms with Crippen molar-refractivity contribution in [3.05, 3.63) is 0 Å². The number of hydrogen-bond donors (Lipinski definition) is 1. The second-order valence-corrected chi connectivity index (χ2v) is 5.15. The molecule has 0 saturated carbocycles. The Morgan fingerprint density at radius 3 is 2.44 bits per heavy atom. The van der Waals surface area contributed by atoms with E-state index in [4.69, 9.17) is 6.42 Å². The van der Waals surface area contributed by atoms with Crippen LogP contribution in [0, 0.1) is 17.8 Å². The van der Waals surface area contributed by atoms with Gasteiger partial charge >= 0.3 is 0 Å². The SMILES string of the molecule is C#CCN1C(=O)C(C(C)(C)C)NC(=O)C1C. The van der Waals surface area contributed by atoms with E-state index in [0.29, 0.717) is 0 Å². The third-order valence-electron chi connectivity index (χ3n) is 2.79. The quantitative estimate of drug-likeness (QED) is 0.652. The molecule has 2 unspecified atom stereocenters. The Hall–Kier alpha value is -1.50. The molecule has 0 bridgehead atoms. The normalized spacial score (nSPS) is 26.3. The third-order valence-corrected chi connectivity index (χ3v) is 2.79. The molecular weight excluding hydrogens is 204 g/mol. The van der Waals surface area contributed by atoms with Gasteiger partial charge in [0.05, 0.1) is 6.54 Å². The molecule has 0 aliphatic carbocycles. The van der Waals surface area contributed by atoms with Gasteiger partial charge in [0.1, 0.15) is 12.1 Å². The number of carbonyl (C=O) groups is 2. The van der Waals surface area contributed by atoms with Crippen LogP contribution in [0.2, 0.25) is 0 Å². The lowest BCUT2D eigenvalue weighted by atomic mass is 9.84. The molecule has 2 amide bonds. The fraction of sp³-hybridized carbons (Fsp3) is 0.667. The molecular formula is C12H18N2O2. The number of carbonyl (C=O) groups excluding carboxylic acids is 2. The van der Waals surface area contributed by atoms with Crippen LogP contribution in [0.5, 0.6) is 0 Å². The molecule has 2 atom stereocenters. The van der Waals surface area contributed by atoms with Gasteiger partial charge in [0, 0.05) is 0 Å². The van der Waals surface area contributed by atoms with Gasteiger partial charge in [-0.25, -0.2) is 0 Å². The summed E-state index contributed by atoms with van der Waals surface area (Å²) < 4.78 is 0. The maximum Gasteiger partial charge on any atom is 0.247 e. The first kappa shape index (κ1) is 12.6. The molecule has 4 heteroatoms. The van der Waals surface area contributed by atoms with Crippen LogP contribution >= 0.6 is 0 Å². The zero-order valence-electron chi connectivity index (χ0n) is 10.2. The standard InChI is InChI=1S/C12H18N2O2/c1-6-7-14-8(2)10(15)13-9(11(14)16)12(3,4)5/h1,8-9H,7H2,2-5H3,(H,13,15). The Balaban J connectivity index is 2.99. The van der Waals surface area contributed by atoms with Gasteiger partial charge in [-0.05, 0) is 12.3 Å². The predicted octanol–water partition coefficient (Wildman–Crippen LogP) is 0.381. The number of rotatable bonds is 1. The number of piperazine rings is 1. The molecule has 1 saturated heterocycles. The van der Waals surface area contributed by atoms with Crippen LogP contribution in [0.1, 0.15) is 27.7 Å². The zero-order valence-corrected chi connectivity index (χ0v) is 10.2. The highest BCUT2D eigenvalue weighted by Gasteiger charge is 2.43. The fourth-order valence-electron chi connectivity index (χ4n) is 1.72. The van der Waals surface area contributed by atoms with E-state index in [1.807, 2.05) is 20.8 Å². The minimum atomic E-state index is -0.496. The molecule has 0 spiro atoms. The van der Waals surface area contributed by atoms with E-state index in [0.717, 1.165) is 0 Å². The van der Waals surface area contributed by atoms with Crippen molar-refractivity contribution >= 4 is 11.8 Å².